The largest absolute Gasteiger partial charge is 0.481 e. The van der Waals surface area contributed by atoms with Crippen LogP contribution in [0.3, 0.4) is 0 Å². The fourth-order valence-electron chi connectivity index (χ4n) is 2.03. The molecule has 0 amide bonds. The first-order valence-corrected chi connectivity index (χ1v) is 8.07. The third-order valence-corrected chi connectivity index (χ3v) is 3.10. The highest BCUT2D eigenvalue weighted by molar-refractivity contribution is 5.62. The molecule has 0 saturated heterocycles. The smallest absolute Gasteiger partial charge is 0.300 e. The molecule has 0 aromatic carbocycles. The van der Waals surface area contributed by atoms with E-state index in [0.717, 1.165) is 13.5 Å². The van der Waals surface area contributed by atoms with Crippen LogP contribution in [-0.2, 0) is 11.3 Å². The molecule has 1 aromatic rings. The van der Waals surface area contributed by atoms with Crippen molar-refractivity contribution in [3.8, 4) is 0 Å². The van der Waals surface area contributed by atoms with Crippen LogP contribution in [0.2, 0.25) is 0 Å². The van der Waals surface area contributed by atoms with Crippen molar-refractivity contribution in [2.75, 3.05) is 0 Å². The molecule has 122 valence electrons. The number of carboxylic acid groups (broad SMARTS) is 1. The van der Waals surface area contributed by atoms with Gasteiger partial charge in [-0.1, -0.05) is 64.7 Å². The van der Waals surface area contributed by atoms with Crippen LogP contribution < -0.4 is 0 Å². The van der Waals surface area contributed by atoms with Crippen LogP contribution in [0.15, 0.2) is 6.33 Å². The highest BCUT2D eigenvalue weighted by Gasteiger charge is 1.94. The molecule has 0 aliphatic carbocycles. The summed E-state index contributed by atoms with van der Waals surface area (Å²) in [6.45, 7) is 4.26. The maximum Gasteiger partial charge on any atom is 0.300 e. The predicted octanol–water partition coefficient (Wildman–Crippen LogP) is 3.68. The topological polar surface area (TPSA) is 80.9 Å². The van der Waals surface area contributed by atoms with Gasteiger partial charge in [0.25, 0.3) is 5.97 Å². The van der Waals surface area contributed by atoms with E-state index < -0.39 is 5.97 Å². The van der Waals surface area contributed by atoms with E-state index in [2.05, 4.69) is 22.3 Å². The predicted molar refractivity (Wildman–Crippen MR) is 83.0 cm³/mol. The molecule has 0 bridgehead atoms. The number of unbranched alkanes of at least 4 members (excludes halogenated alkanes) is 9. The van der Waals surface area contributed by atoms with Crippen molar-refractivity contribution in [2.45, 2.75) is 84.6 Å². The Hall–Kier alpha value is -1.46. The molecule has 0 radical (unpaired) electrons. The Morgan fingerprint density at radius 1 is 1.00 bits per heavy atom. The van der Waals surface area contributed by atoms with E-state index in [9.17, 15) is 0 Å². The Bertz CT molecular complexity index is 324. The number of aromatic nitrogens is 4. The summed E-state index contributed by atoms with van der Waals surface area (Å²) < 4.78 is 0. The summed E-state index contributed by atoms with van der Waals surface area (Å²) in [5.74, 6) is -0.833. The molecule has 1 heterocycles. The van der Waals surface area contributed by atoms with Gasteiger partial charge in [-0.2, -0.15) is 4.80 Å². The van der Waals surface area contributed by atoms with Crippen molar-refractivity contribution in [1.29, 1.82) is 0 Å². The molecule has 0 spiro atoms. The van der Waals surface area contributed by atoms with Gasteiger partial charge in [0.2, 0.25) is 0 Å². The summed E-state index contributed by atoms with van der Waals surface area (Å²) in [6.07, 6.45) is 15.1. The Kier molecular flexibility index (Phi) is 13.9. The summed E-state index contributed by atoms with van der Waals surface area (Å²) in [4.78, 5) is 10.7. The van der Waals surface area contributed by atoms with Crippen molar-refractivity contribution in [2.24, 2.45) is 0 Å². The van der Waals surface area contributed by atoms with E-state index in [1.54, 1.807) is 4.80 Å². The quantitative estimate of drug-likeness (QED) is 0.630. The molecule has 0 fully saturated rings. The number of hydrogen-bond donors (Lipinski definition) is 1. The van der Waals surface area contributed by atoms with Crippen LogP contribution in [0.1, 0.15) is 78.1 Å². The molecule has 21 heavy (non-hydrogen) atoms. The molecular formula is C15H30N4O2. The van der Waals surface area contributed by atoms with Crippen LogP contribution in [0.5, 0.6) is 0 Å². The molecule has 0 atom stereocenters. The van der Waals surface area contributed by atoms with Crippen LogP contribution in [-0.4, -0.2) is 31.3 Å². The standard InChI is InChI=1S/C13H26N4.C2H4O2/c1-2-3-4-5-6-7-8-9-10-11-12-17-15-13-14-16-17;1-2(3)4/h13H,2-12H2,1H3;1H3,(H,3,4). The lowest BCUT2D eigenvalue weighted by Gasteiger charge is -2.01. The fourth-order valence-corrected chi connectivity index (χ4v) is 2.03. The van der Waals surface area contributed by atoms with E-state index in [4.69, 9.17) is 9.90 Å². The van der Waals surface area contributed by atoms with Gasteiger partial charge < -0.3 is 5.11 Å². The summed E-state index contributed by atoms with van der Waals surface area (Å²) in [7, 11) is 0. The molecule has 0 saturated carbocycles. The molecule has 1 rings (SSSR count). The van der Waals surface area contributed by atoms with Gasteiger partial charge in [-0.15, -0.1) is 10.2 Å². The lowest BCUT2D eigenvalue weighted by Crippen LogP contribution is -2.02. The molecular weight excluding hydrogens is 268 g/mol. The van der Waals surface area contributed by atoms with Gasteiger partial charge in [0.05, 0.1) is 6.54 Å². The minimum atomic E-state index is -0.833. The van der Waals surface area contributed by atoms with Gasteiger partial charge in [-0.3, -0.25) is 4.79 Å². The molecule has 6 nitrogen and oxygen atoms in total. The maximum absolute atomic E-state index is 9.00. The van der Waals surface area contributed by atoms with Gasteiger partial charge in [-0.25, -0.2) is 0 Å². The molecule has 0 unspecified atom stereocenters. The summed E-state index contributed by atoms with van der Waals surface area (Å²) >= 11 is 0. The number of carbonyl (C=O) groups is 1. The average molecular weight is 298 g/mol. The van der Waals surface area contributed by atoms with Crippen molar-refractivity contribution >= 4 is 5.97 Å². The second-order valence-electron chi connectivity index (χ2n) is 5.23. The number of aryl methyl sites for hydroxylation is 1. The first-order valence-electron chi connectivity index (χ1n) is 8.07. The third kappa shape index (κ3) is 16.5. The van der Waals surface area contributed by atoms with Crippen molar-refractivity contribution in [3.63, 3.8) is 0 Å². The van der Waals surface area contributed by atoms with E-state index in [0.29, 0.717) is 0 Å². The van der Waals surface area contributed by atoms with Crippen LogP contribution in [0.25, 0.3) is 0 Å². The Balaban J connectivity index is 0.000000885. The van der Waals surface area contributed by atoms with Gasteiger partial charge in [-0.05, 0) is 11.6 Å². The number of hydrogen-bond acceptors (Lipinski definition) is 4. The highest BCUT2D eigenvalue weighted by Crippen LogP contribution is 2.10. The van der Waals surface area contributed by atoms with Gasteiger partial charge in [0.15, 0.2) is 6.33 Å². The number of aliphatic carboxylic acids is 1. The summed E-state index contributed by atoms with van der Waals surface area (Å²) in [5, 5.41) is 18.9. The number of nitrogens with zero attached hydrogens (tertiary/aromatic N) is 4. The van der Waals surface area contributed by atoms with E-state index in [-0.39, 0.29) is 0 Å². The third-order valence-electron chi connectivity index (χ3n) is 3.10. The normalized spacial score (nSPS) is 10.0. The second-order valence-corrected chi connectivity index (χ2v) is 5.23. The zero-order valence-corrected chi connectivity index (χ0v) is 13.5. The molecule has 1 N–H and O–H groups in total. The molecule has 1 aromatic heterocycles. The minimum Gasteiger partial charge on any atom is -0.481 e. The SMILES string of the molecule is CC(=O)O.CCCCCCCCCCCCn1ncnn1. The average Bonchev–Trinajstić information content (AvgIpc) is 2.93. The number of tetrazole rings is 1. The lowest BCUT2D eigenvalue weighted by atomic mass is 10.1. The van der Waals surface area contributed by atoms with Crippen LogP contribution in [0.4, 0.5) is 0 Å². The van der Waals surface area contributed by atoms with Crippen molar-refractivity contribution in [3.05, 3.63) is 6.33 Å². The number of rotatable bonds is 11. The second kappa shape index (κ2) is 14.9. The van der Waals surface area contributed by atoms with Crippen LogP contribution in [0, 0.1) is 0 Å². The monoisotopic (exact) mass is 298 g/mol. The summed E-state index contributed by atoms with van der Waals surface area (Å²) in [5.41, 5.74) is 0. The van der Waals surface area contributed by atoms with Gasteiger partial charge in [0.1, 0.15) is 0 Å². The van der Waals surface area contributed by atoms with Gasteiger partial charge >= 0.3 is 0 Å². The Morgan fingerprint density at radius 3 is 1.90 bits per heavy atom. The Morgan fingerprint density at radius 2 is 1.48 bits per heavy atom. The lowest BCUT2D eigenvalue weighted by molar-refractivity contribution is -0.134. The molecule has 0 aliphatic rings. The van der Waals surface area contributed by atoms with E-state index >= 15 is 0 Å². The molecule has 0 aliphatic heterocycles. The zero-order valence-electron chi connectivity index (χ0n) is 13.5. The number of carboxylic acids is 1. The minimum absolute atomic E-state index is 0.833. The van der Waals surface area contributed by atoms with Crippen molar-refractivity contribution in [1.82, 2.24) is 20.2 Å². The van der Waals surface area contributed by atoms with Gasteiger partial charge in [0, 0.05) is 6.92 Å². The Labute approximate surface area is 127 Å². The maximum atomic E-state index is 9.00. The highest BCUT2D eigenvalue weighted by atomic mass is 16.4. The first kappa shape index (κ1) is 19.5. The fraction of sp³-hybridized carbons (Fsp3) is 0.867. The zero-order chi connectivity index (χ0) is 15.8. The van der Waals surface area contributed by atoms with E-state index in [1.807, 2.05) is 0 Å². The van der Waals surface area contributed by atoms with E-state index in [1.165, 1.54) is 70.5 Å². The van der Waals surface area contributed by atoms with Crippen LogP contribution >= 0.6 is 0 Å². The van der Waals surface area contributed by atoms with Crippen molar-refractivity contribution < 1.29 is 9.90 Å². The summed E-state index contributed by atoms with van der Waals surface area (Å²) in [6, 6.07) is 0. The first-order chi connectivity index (χ1) is 10.2. The molecule has 6 heteroatoms.